The zero-order valence-electron chi connectivity index (χ0n) is 24.3. The summed E-state index contributed by atoms with van der Waals surface area (Å²) >= 11 is 0. The van der Waals surface area contributed by atoms with Crippen molar-refractivity contribution in [2.24, 2.45) is 0 Å². The molecule has 0 bridgehead atoms. The maximum Gasteiger partial charge on any atom is 0.266 e. The normalized spacial score (nSPS) is 13.9. The molecular formula is C37H26N2O5. The van der Waals surface area contributed by atoms with Crippen LogP contribution in [0.15, 0.2) is 103 Å². The Morgan fingerprint density at radius 3 is 1.39 bits per heavy atom. The van der Waals surface area contributed by atoms with Gasteiger partial charge in [0.15, 0.2) is 0 Å². The molecule has 7 nitrogen and oxygen atoms in total. The molecule has 44 heavy (non-hydrogen) atoms. The molecule has 4 amide bonds. The van der Waals surface area contributed by atoms with Crippen molar-refractivity contribution in [1.29, 1.82) is 0 Å². The summed E-state index contributed by atoms with van der Waals surface area (Å²) in [6.45, 7) is 4.00. The van der Waals surface area contributed by atoms with E-state index in [1.807, 2.05) is 74.5 Å². The lowest BCUT2D eigenvalue weighted by Gasteiger charge is -2.20. The Morgan fingerprint density at radius 1 is 0.455 bits per heavy atom. The SMILES string of the molecule is COc1cc(N2C(=O)c3ccc(-c4ccc(C)cc4)cc3C2=O)ccc1N1C(=O)c2ccc(-c3ccc(C)cc3)cc2C1=O. The van der Waals surface area contributed by atoms with Gasteiger partial charge < -0.3 is 4.74 Å². The van der Waals surface area contributed by atoms with Crippen LogP contribution in [0.3, 0.4) is 0 Å². The van der Waals surface area contributed by atoms with Gasteiger partial charge in [0.05, 0.1) is 40.7 Å². The van der Waals surface area contributed by atoms with Gasteiger partial charge in [-0.2, -0.15) is 0 Å². The number of carbonyl (C=O) groups is 4. The van der Waals surface area contributed by atoms with Crippen molar-refractivity contribution in [3.05, 3.63) is 137 Å². The van der Waals surface area contributed by atoms with Crippen molar-refractivity contribution in [1.82, 2.24) is 0 Å². The Kier molecular flexibility index (Phi) is 6.25. The zero-order valence-corrected chi connectivity index (χ0v) is 24.3. The minimum Gasteiger partial charge on any atom is -0.494 e. The third-order valence-corrected chi connectivity index (χ3v) is 8.21. The van der Waals surface area contributed by atoms with Crippen molar-refractivity contribution in [2.75, 3.05) is 16.9 Å². The van der Waals surface area contributed by atoms with Crippen LogP contribution in [-0.4, -0.2) is 30.7 Å². The molecule has 5 aromatic rings. The Bertz CT molecular complexity index is 2040. The zero-order chi connectivity index (χ0) is 30.7. The first-order chi connectivity index (χ1) is 21.2. The molecule has 0 aliphatic carbocycles. The van der Waals surface area contributed by atoms with E-state index >= 15 is 0 Å². The highest BCUT2D eigenvalue weighted by molar-refractivity contribution is 6.36. The Morgan fingerprint density at radius 2 is 0.886 bits per heavy atom. The summed E-state index contributed by atoms with van der Waals surface area (Å²) in [6.07, 6.45) is 0. The van der Waals surface area contributed by atoms with E-state index in [-0.39, 0.29) is 17.1 Å². The molecule has 2 heterocycles. The monoisotopic (exact) mass is 578 g/mol. The van der Waals surface area contributed by atoms with Gasteiger partial charge in [0.2, 0.25) is 0 Å². The highest BCUT2D eigenvalue weighted by Crippen LogP contribution is 2.40. The highest BCUT2D eigenvalue weighted by atomic mass is 16.5. The predicted octanol–water partition coefficient (Wildman–Crippen LogP) is 7.25. The molecule has 0 saturated heterocycles. The van der Waals surface area contributed by atoms with Gasteiger partial charge in [-0.15, -0.1) is 0 Å². The number of ether oxygens (including phenoxy) is 1. The standard InChI is InChI=1S/C37H26N2O5/c1-21-4-8-23(9-5-21)25-12-15-28-30(18-25)36(42)38(34(28)40)27-14-17-32(33(20-27)44-3)39-35(41)29-16-13-26(19-31(29)37(39)43)24-10-6-22(2)7-11-24/h4-20H,1-3H3. The molecule has 0 fully saturated rings. The molecule has 5 aromatic carbocycles. The number of aryl methyl sites for hydroxylation is 2. The maximum absolute atomic E-state index is 13.6. The van der Waals surface area contributed by atoms with Crippen LogP contribution in [0.5, 0.6) is 5.75 Å². The number of hydrogen-bond acceptors (Lipinski definition) is 5. The fourth-order valence-corrected chi connectivity index (χ4v) is 5.78. The second kappa shape index (κ2) is 10.2. The highest BCUT2D eigenvalue weighted by Gasteiger charge is 2.40. The molecule has 0 saturated carbocycles. The van der Waals surface area contributed by atoms with Crippen LogP contribution in [0.25, 0.3) is 22.3 Å². The number of amides is 4. The van der Waals surface area contributed by atoms with Gasteiger partial charge in [-0.1, -0.05) is 71.8 Å². The summed E-state index contributed by atoms with van der Waals surface area (Å²) in [5, 5.41) is 0. The van der Waals surface area contributed by atoms with E-state index in [2.05, 4.69) is 0 Å². The van der Waals surface area contributed by atoms with Crippen LogP contribution in [-0.2, 0) is 0 Å². The van der Waals surface area contributed by atoms with Crippen molar-refractivity contribution in [3.8, 4) is 28.0 Å². The molecule has 0 spiro atoms. The Labute approximate surface area is 253 Å². The Balaban J connectivity index is 1.20. The van der Waals surface area contributed by atoms with Crippen molar-refractivity contribution >= 4 is 35.0 Å². The second-order valence-corrected chi connectivity index (χ2v) is 11.0. The number of nitrogens with zero attached hydrogens (tertiary/aromatic N) is 2. The number of methoxy groups -OCH3 is 1. The molecule has 214 valence electrons. The van der Waals surface area contributed by atoms with Crippen LogP contribution in [0, 0.1) is 13.8 Å². The van der Waals surface area contributed by atoms with Gasteiger partial charge >= 0.3 is 0 Å². The molecule has 2 aliphatic heterocycles. The van der Waals surface area contributed by atoms with E-state index in [9.17, 15) is 19.2 Å². The van der Waals surface area contributed by atoms with Crippen molar-refractivity contribution in [3.63, 3.8) is 0 Å². The fraction of sp³-hybridized carbons (Fsp3) is 0.0811. The van der Waals surface area contributed by atoms with E-state index in [4.69, 9.17) is 4.74 Å². The lowest BCUT2D eigenvalue weighted by molar-refractivity contribution is 0.0908. The summed E-state index contributed by atoms with van der Waals surface area (Å²) in [7, 11) is 1.41. The lowest BCUT2D eigenvalue weighted by Crippen LogP contribution is -2.31. The number of hydrogen-bond donors (Lipinski definition) is 0. The summed E-state index contributed by atoms with van der Waals surface area (Å²) in [5.41, 5.74) is 7.46. The van der Waals surface area contributed by atoms with Crippen LogP contribution in [0.4, 0.5) is 11.4 Å². The van der Waals surface area contributed by atoms with Gasteiger partial charge in [-0.05, 0) is 72.5 Å². The maximum atomic E-state index is 13.6. The third kappa shape index (κ3) is 4.21. The Hall–Kier alpha value is -5.82. The first kappa shape index (κ1) is 27.0. The van der Waals surface area contributed by atoms with Gasteiger partial charge in [0.25, 0.3) is 23.6 Å². The second-order valence-electron chi connectivity index (χ2n) is 11.0. The summed E-state index contributed by atoms with van der Waals surface area (Å²) in [5.74, 6) is -1.70. The van der Waals surface area contributed by atoms with Crippen LogP contribution < -0.4 is 14.5 Å². The summed E-state index contributed by atoms with van der Waals surface area (Å²) in [4.78, 5) is 56.2. The van der Waals surface area contributed by atoms with Gasteiger partial charge in [-0.25, -0.2) is 9.80 Å². The fourth-order valence-electron chi connectivity index (χ4n) is 5.78. The van der Waals surface area contributed by atoms with E-state index in [0.717, 1.165) is 43.2 Å². The van der Waals surface area contributed by atoms with Crippen molar-refractivity contribution < 1.29 is 23.9 Å². The largest absolute Gasteiger partial charge is 0.494 e. The first-order valence-electron chi connectivity index (χ1n) is 14.1. The molecule has 2 aliphatic rings. The predicted molar refractivity (Wildman–Crippen MR) is 169 cm³/mol. The third-order valence-electron chi connectivity index (χ3n) is 8.21. The molecule has 0 unspecified atom stereocenters. The van der Waals surface area contributed by atoms with Gasteiger partial charge in [-0.3, -0.25) is 19.2 Å². The topological polar surface area (TPSA) is 84.0 Å². The van der Waals surface area contributed by atoms with Gasteiger partial charge in [0.1, 0.15) is 5.75 Å². The lowest BCUT2D eigenvalue weighted by atomic mass is 9.99. The molecule has 7 heteroatoms. The molecule has 0 aromatic heterocycles. The molecule has 7 rings (SSSR count). The summed E-state index contributed by atoms with van der Waals surface area (Å²) in [6, 6.07) is 30.9. The number of rotatable bonds is 5. The number of imide groups is 2. The van der Waals surface area contributed by atoms with Crippen LogP contribution in [0.2, 0.25) is 0 Å². The van der Waals surface area contributed by atoms with Crippen LogP contribution >= 0.6 is 0 Å². The average Bonchev–Trinajstić information content (AvgIpc) is 3.44. The van der Waals surface area contributed by atoms with Crippen molar-refractivity contribution in [2.45, 2.75) is 13.8 Å². The molecular weight excluding hydrogens is 552 g/mol. The molecule has 0 radical (unpaired) electrons. The smallest absolute Gasteiger partial charge is 0.266 e. The van der Waals surface area contributed by atoms with E-state index in [0.29, 0.717) is 22.3 Å². The number of carbonyl (C=O) groups excluding carboxylic acids is 4. The summed E-state index contributed by atoms with van der Waals surface area (Å²) < 4.78 is 5.60. The minimum atomic E-state index is -0.477. The van der Waals surface area contributed by atoms with Crippen LogP contribution in [0.1, 0.15) is 52.6 Å². The number of anilines is 2. The number of benzene rings is 5. The molecule has 0 N–H and O–H groups in total. The molecule has 0 atom stereocenters. The minimum absolute atomic E-state index is 0.174. The quantitative estimate of drug-likeness (QED) is 0.205. The first-order valence-corrected chi connectivity index (χ1v) is 14.1. The van der Waals surface area contributed by atoms with E-state index in [1.54, 1.807) is 30.3 Å². The van der Waals surface area contributed by atoms with Gasteiger partial charge in [0, 0.05) is 6.07 Å². The average molecular weight is 579 g/mol. The number of fused-ring (bicyclic) bond motifs is 2. The van der Waals surface area contributed by atoms with E-state index < -0.39 is 23.6 Å². The van der Waals surface area contributed by atoms with E-state index in [1.165, 1.54) is 19.2 Å².